The molecule has 0 spiro atoms. The lowest BCUT2D eigenvalue weighted by Crippen LogP contribution is -2.27. The van der Waals surface area contributed by atoms with Crippen molar-refractivity contribution in [3.8, 4) is 10.6 Å². The van der Waals surface area contributed by atoms with E-state index in [9.17, 15) is 27.4 Å². The molecular weight excluding hydrogens is 439 g/mol. The highest BCUT2D eigenvalue weighted by atomic mass is 35.5. The van der Waals surface area contributed by atoms with Crippen molar-refractivity contribution in [2.45, 2.75) is 25.4 Å². The summed E-state index contributed by atoms with van der Waals surface area (Å²) in [6.45, 7) is 0. The average Bonchev–Trinajstić information content (AvgIpc) is 2.99. The van der Waals surface area contributed by atoms with E-state index in [-0.39, 0.29) is 35.4 Å². The van der Waals surface area contributed by atoms with Crippen molar-refractivity contribution in [3.63, 3.8) is 0 Å². The summed E-state index contributed by atoms with van der Waals surface area (Å²) >= 11 is 7.22. The fourth-order valence-corrected chi connectivity index (χ4v) is 4.60. The van der Waals surface area contributed by atoms with Gasteiger partial charge in [-0.1, -0.05) is 22.9 Å². The molecular formula is C16H17ClF3N3O3S2. The number of anilines is 1. The number of alkyl halides is 3. The first-order chi connectivity index (χ1) is 13.1. The number of hydrogen-bond donors (Lipinski definition) is 0. The Morgan fingerprint density at radius 3 is 2.79 bits per heavy atom. The van der Waals surface area contributed by atoms with Crippen molar-refractivity contribution in [1.29, 1.82) is 0 Å². The molecule has 2 heterocycles. The molecule has 28 heavy (non-hydrogen) atoms. The Labute approximate surface area is 171 Å². The van der Waals surface area contributed by atoms with Crippen LogP contribution in [0.15, 0.2) is 24.5 Å². The normalized spacial score (nSPS) is 12.8. The molecule has 0 saturated heterocycles. The minimum atomic E-state index is -4.27. The van der Waals surface area contributed by atoms with Gasteiger partial charge in [-0.3, -0.25) is 9.00 Å². The Morgan fingerprint density at radius 2 is 2.14 bits per heavy atom. The number of rotatable bonds is 8. The molecule has 0 aromatic carbocycles. The summed E-state index contributed by atoms with van der Waals surface area (Å²) in [7, 11) is -0.0279. The van der Waals surface area contributed by atoms with Gasteiger partial charge in [0.25, 0.3) is 0 Å². The number of amides is 1. The first-order valence-corrected chi connectivity index (χ1v) is 10.8. The monoisotopic (exact) mass is 455 g/mol. The molecule has 1 unspecified atom stereocenters. The van der Waals surface area contributed by atoms with Crippen LogP contribution in [0.25, 0.3) is 10.6 Å². The average molecular weight is 456 g/mol. The molecule has 0 saturated carbocycles. The molecule has 2 aromatic heterocycles. The van der Waals surface area contributed by atoms with E-state index in [0.29, 0.717) is 20.3 Å². The molecule has 1 atom stereocenters. The minimum absolute atomic E-state index is 0.0286. The summed E-state index contributed by atoms with van der Waals surface area (Å²) in [5.41, 5.74) is 0.544. The van der Waals surface area contributed by atoms with E-state index in [4.69, 9.17) is 11.6 Å². The molecule has 0 aliphatic rings. The molecule has 0 N–H and O–H groups in total. The number of carbonyl (C=O) groups excluding carboxylic acids is 1. The van der Waals surface area contributed by atoms with Gasteiger partial charge >= 0.3 is 6.18 Å². The van der Waals surface area contributed by atoms with Crippen LogP contribution < -0.4 is 9.63 Å². The van der Waals surface area contributed by atoms with Gasteiger partial charge in [-0.25, -0.2) is 4.98 Å². The fourth-order valence-electron chi connectivity index (χ4n) is 2.22. The summed E-state index contributed by atoms with van der Waals surface area (Å²) in [6, 6.07) is 3.24. The fraction of sp³-hybridized carbons (Fsp3) is 0.438. The third kappa shape index (κ3) is 6.71. The van der Waals surface area contributed by atoms with Gasteiger partial charge in [-0.2, -0.15) is 17.9 Å². The predicted octanol–water partition coefficient (Wildman–Crippen LogP) is 3.54. The SMILES string of the molecule is CN(C(=O)CCS(=O)CCCC(F)(F)F)c1sc(-c2ccc[n+]([O-])c2)nc1Cl. The van der Waals surface area contributed by atoms with Crippen LogP contribution >= 0.6 is 22.9 Å². The van der Waals surface area contributed by atoms with Crippen molar-refractivity contribution in [1.82, 2.24) is 4.98 Å². The Hall–Kier alpha value is -1.72. The minimum Gasteiger partial charge on any atom is -0.619 e. The van der Waals surface area contributed by atoms with Crippen molar-refractivity contribution in [2.75, 3.05) is 23.5 Å². The van der Waals surface area contributed by atoms with Gasteiger partial charge in [0.05, 0.1) is 5.56 Å². The van der Waals surface area contributed by atoms with Crippen LogP contribution in [0.4, 0.5) is 18.2 Å². The zero-order valence-corrected chi connectivity index (χ0v) is 17.1. The summed E-state index contributed by atoms with van der Waals surface area (Å²) in [5, 5.41) is 12.3. The van der Waals surface area contributed by atoms with Crippen LogP contribution in [-0.4, -0.2) is 39.8 Å². The summed E-state index contributed by atoms with van der Waals surface area (Å²) in [6.07, 6.45) is -2.94. The highest BCUT2D eigenvalue weighted by molar-refractivity contribution is 7.84. The molecule has 0 radical (unpaired) electrons. The first kappa shape index (κ1) is 22.6. The number of thiazole rings is 1. The largest absolute Gasteiger partial charge is 0.619 e. The standard InChI is InChI=1S/C16H17ClF3N3O3S2/c1-22(12(24)5-9-28(26)8-3-6-16(18,19)20)15-13(17)21-14(27-15)11-4-2-7-23(25)10-11/h2,4,7,10H,3,5-6,8-9H2,1H3. The lowest BCUT2D eigenvalue weighted by molar-refractivity contribution is -0.604. The number of carbonyl (C=O) groups is 1. The van der Waals surface area contributed by atoms with Gasteiger partial charge in [-0.05, 0) is 12.5 Å². The van der Waals surface area contributed by atoms with Crippen LogP contribution in [-0.2, 0) is 15.6 Å². The predicted molar refractivity (Wildman–Crippen MR) is 103 cm³/mol. The van der Waals surface area contributed by atoms with Gasteiger partial charge < -0.3 is 10.1 Å². The number of aromatic nitrogens is 2. The third-order valence-electron chi connectivity index (χ3n) is 3.65. The van der Waals surface area contributed by atoms with Gasteiger partial charge in [0.1, 0.15) is 10.0 Å². The second-order valence-corrected chi connectivity index (χ2v) is 8.87. The Kier molecular flexibility index (Phi) is 7.79. The topological polar surface area (TPSA) is 77.2 Å². The van der Waals surface area contributed by atoms with E-state index in [2.05, 4.69) is 4.98 Å². The highest BCUT2D eigenvalue weighted by Crippen LogP contribution is 2.37. The first-order valence-electron chi connectivity index (χ1n) is 8.10. The molecule has 0 bridgehead atoms. The summed E-state index contributed by atoms with van der Waals surface area (Å²) in [5.74, 6) is -0.516. The molecule has 0 fully saturated rings. The van der Waals surface area contributed by atoms with E-state index in [1.54, 1.807) is 12.1 Å². The molecule has 1 amide bonds. The van der Waals surface area contributed by atoms with Crippen LogP contribution in [0.2, 0.25) is 5.15 Å². The van der Waals surface area contributed by atoms with Crippen molar-refractivity contribution in [2.24, 2.45) is 0 Å². The number of nitrogens with zero attached hydrogens (tertiary/aromatic N) is 3. The molecule has 0 aliphatic heterocycles. The molecule has 0 aliphatic carbocycles. The number of halogens is 4. The highest BCUT2D eigenvalue weighted by Gasteiger charge is 2.26. The molecule has 6 nitrogen and oxygen atoms in total. The van der Waals surface area contributed by atoms with Gasteiger partial charge in [0.2, 0.25) is 5.91 Å². The van der Waals surface area contributed by atoms with Gasteiger partial charge in [-0.15, -0.1) is 0 Å². The molecule has 2 aromatic rings. The zero-order valence-electron chi connectivity index (χ0n) is 14.7. The van der Waals surface area contributed by atoms with E-state index >= 15 is 0 Å². The van der Waals surface area contributed by atoms with Crippen molar-refractivity contribution < 1.29 is 26.9 Å². The summed E-state index contributed by atoms with van der Waals surface area (Å²) < 4.78 is 48.7. The maximum absolute atomic E-state index is 12.3. The third-order valence-corrected chi connectivity index (χ3v) is 6.61. The Morgan fingerprint density at radius 1 is 1.43 bits per heavy atom. The maximum atomic E-state index is 12.3. The van der Waals surface area contributed by atoms with E-state index in [1.807, 2.05) is 0 Å². The van der Waals surface area contributed by atoms with E-state index in [0.717, 1.165) is 11.3 Å². The zero-order chi connectivity index (χ0) is 20.9. The second-order valence-electron chi connectivity index (χ2n) is 5.84. The molecule has 154 valence electrons. The van der Waals surface area contributed by atoms with Crippen LogP contribution in [0.1, 0.15) is 19.3 Å². The summed E-state index contributed by atoms with van der Waals surface area (Å²) in [4.78, 5) is 17.7. The Balaban J connectivity index is 1.93. The van der Waals surface area contributed by atoms with Crippen LogP contribution in [0.3, 0.4) is 0 Å². The number of hydrogen-bond acceptors (Lipinski definition) is 5. The smallest absolute Gasteiger partial charge is 0.389 e. The second kappa shape index (κ2) is 9.66. The maximum Gasteiger partial charge on any atom is 0.389 e. The molecule has 2 rings (SSSR count). The van der Waals surface area contributed by atoms with Crippen LogP contribution in [0.5, 0.6) is 0 Å². The van der Waals surface area contributed by atoms with Crippen molar-refractivity contribution in [3.05, 3.63) is 34.9 Å². The number of pyridine rings is 1. The van der Waals surface area contributed by atoms with Gasteiger partial charge in [0.15, 0.2) is 17.5 Å². The van der Waals surface area contributed by atoms with E-state index in [1.165, 1.54) is 24.3 Å². The van der Waals surface area contributed by atoms with E-state index < -0.39 is 23.4 Å². The quantitative estimate of drug-likeness (QED) is 0.450. The lowest BCUT2D eigenvalue weighted by Gasteiger charge is -2.15. The van der Waals surface area contributed by atoms with Gasteiger partial charge in [0, 0.05) is 48.3 Å². The van der Waals surface area contributed by atoms with Crippen LogP contribution in [0, 0.1) is 5.21 Å². The lowest BCUT2D eigenvalue weighted by atomic mass is 10.3. The Bertz CT molecular complexity index is 861. The van der Waals surface area contributed by atoms with Crippen molar-refractivity contribution >= 4 is 44.6 Å². The molecule has 12 heteroatoms.